The number of rotatable bonds is 9. The topological polar surface area (TPSA) is 66.6 Å². The fraction of sp³-hybridized carbons (Fsp3) is 0.500. The van der Waals surface area contributed by atoms with Crippen molar-refractivity contribution in [3.8, 4) is 0 Å². The van der Waals surface area contributed by atoms with Gasteiger partial charge >= 0.3 is 5.97 Å². The second kappa shape index (κ2) is 9.19. The molecule has 0 spiro atoms. The lowest BCUT2D eigenvalue weighted by atomic mass is 10.0. The molecule has 4 nitrogen and oxygen atoms in total. The molecule has 0 aliphatic carbocycles. The molecule has 1 unspecified atom stereocenters. The van der Waals surface area contributed by atoms with Gasteiger partial charge in [0.15, 0.2) is 0 Å². The van der Waals surface area contributed by atoms with E-state index >= 15 is 0 Å². The first-order valence-electron chi connectivity index (χ1n) is 6.47. The predicted molar refractivity (Wildman–Crippen MR) is 82.5 cm³/mol. The molecule has 0 aliphatic rings. The van der Waals surface area contributed by atoms with Crippen LogP contribution in [-0.2, 0) is 17.8 Å². The highest BCUT2D eigenvalue weighted by Gasteiger charge is 2.12. The fourth-order valence-corrected chi connectivity index (χ4v) is 2.37. The summed E-state index contributed by atoms with van der Waals surface area (Å²) in [6.07, 6.45) is 0.336. The highest BCUT2D eigenvalue weighted by Crippen LogP contribution is 2.09. The quantitative estimate of drug-likeness (QED) is 0.683. The molecule has 0 aromatic heterocycles. The number of nitrogens with zero attached hydrogens (tertiary/aromatic N) is 1. The average molecular weight is 319 g/mol. The van der Waals surface area contributed by atoms with Gasteiger partial charge in [-0.1, -0.05) is 24.3 Å². The van der Waals surface area contributed by atoms with E-state index in [0.29, 0.717) is 18.2 Å². The first-order chi connectivity index (χ1) is 9.56. The molecule has 1 rings (SSSR count). The monoisotopic (exact) mass is 318 g/mol. The van der Waals surface area contributed by atoms with E-state index in [9.17, 15) is 4.79 Å². The first kappa shape index (κ1) is 17.2. The summed E-state index contributed by atoms with van der Waals surface area (Å²) in [6, 6.07) is 6.94. The number of carboxylic acid groups (broad SMARTS) is 1. The second-order valence-corrected chi connectivity index (χ2v) is 5.38. The lowest BCUT2D eigenvalue weighted by molar-refractivity contribution is -0.138. The van der Waals surface area contributed by atoms with Crippen molar-refractivity contribution in [1.29, 1.82) is 0 Å². The van der Waals surface area contributed by atoms with Crippen LogP contribution < -0.4 is 5.73 Å². The Labute approximate surface area is 129 Å². The number of halogens is 2. The molecule has 1 atom stereocenters. The summed E-state index contributed by atoms with van der Waals surface area (Å²) in [7, 11) is 0. The van der Waals surface area contributed by atoms with Crippen molar-refractivity contribution in [3.05, 3.63) is 35.4 Å². The molecular weight excluding hydrogens is 299 g/mol. The normalized spacial score (nSPS) is 12.6. The van der Waals surface area contributed by atoms with Crippen LogP contribution in [0.2, 0.25) is 0 Å². The van der Waals surface area contributed by atoms with Crippen molar-refractivity contribution in [2.45, 2.75) is 19.0 Å². The molecule has 1 aromatic carbocycles. The van der Waals surface area contributed by atoms with Crippen LogP contribution in [0.15, 0.2) is 24.3 Å². The van der Waals surface area contributed by atoms with Crippen molar-refractivity contribution in [2.75, 3.05) is 24.8 Å². The third-order valence-electron chi connectivity index (χ3n) is 3.00. The van der Waals surface area contributed by atoms with Crippen LogP contribution in [0, 0.1) is 0 Å². The van der Waals surface area contributed by atoms with Gasteiger partial charge in [0.25, 0.3) is 0 Å². The summed E-state index contributed by atoms with van der Waals surface area (Å²) in [5.41, 5.74) is 7.58. The maximum atomic E-state index is 10.7. The maximum absolute atomic E-state index is 10.7. The SMILES string of the molecule is NC(Cc1ccc(CN(CCCl)CCCl)cc1)C(=O)O. The van der Waals surface area contributed by atoms with E-state index in [0.717, 1.165) is 30.8 Å². The summed E-state index contributed by atoms with van der Waals surface area (Å²) >= 11 is 11.5. The van der Waals surface area contributed by atoms with E-state index in [-0.39, 0.29) is 0 Å². The van der Waals surface area contributed by atoms with E-state index in [2.05, 4.69) is 4.90 Å². The zero-order chi connectivity index (χ0) is 15.0. The lowest BCUT2D eigenvalue weighted by Crippen LogP contribution is -2.32. The summed E-state index contributed by atoms with van der Waals surface area (Å²) < 4.78 is 0. The minimum Gasteiger partial charge on any atom is -0.480 e. The number of carbonyl (C=O) groups is 1. The Morgan fingerprint density at radius 1 is 1.15 bits per heavy atom. The van der Waals surface area contributed by atoms with Crippen LogP contribution in [0.25, 0.3) is 0 Å². The van der Waals surface area contributed by atoms with Gasteiger partial charge < -0.3 is 10.8 Å². The van der Waals surface area contributed by atoms with E-state index < -0.39 is 12.0 Å². The number of carboxylic acids is 1. The summed E-state index contributed by atoms with van der Waals surface area (Å²) in [5, 5.41) is 8.78. The number of hydrogen-bond donors (Lipinski definition) is 2. The Hall–Kier alpha value is -0.810. The summed E-state index contributed by atoms with van der Waals surface area (Å²) in [4.78, 5) is 12.9. The molecule has 3 N–H and O–H groups in total. The zero-order valence-corrected chi connectivity index (χ0v) is 12.8. The number of benzene rings is 1. The third-order valence-corrected chi connectivity index (χ3v) is 3.34. The molecule has 6 heteroatoms. The molecule has 20 heavy (non-hydrogen) atoms. The van der Waals surface area contributed by atoms with E-state index in [4.69, 9.17) is 34.0 Å². The van der Waals surface area contributed by atoms with Gasteiger partial charge in [-0.3, -0.25) is 9.69 Å². The molecule has 0 heterocycles. The molecule has 0 aliphatic heterocycles. The first-order valence-corrected chi connectivity index (χ1v) is 7.54. The van der Waals surface area contributed by atoms with E-state index in [1.807, 2.05) is 24.3 Å². The number of aliphatic carboxylic acids is 1. The Balaban J connectivity index is 2.58. The third kappa shape index (κ3) is 6.09. The fourth-order valence-electron chi connectivity index (χ4n) is 1.89. The minimum atomic E-state index is -0.982. The van der Waals surface area contributed by atoms with Gasteiger partial charge in [-0.15, -0.1) is 23.2 Å². The zero-order valence-electron chi connectivity index (χ0n) is 11.3. The summed E-state index contributed by atoms with van der Waals surface area (Å²) in [6.45, 7) is 2.37. The molecule has 1 aromatic rings. The van der Waals surface area contributed by atoms with Gasteiger partial charge in [0.05, 0.1) is 0 Å². The molecule has 0 saturated carbocycles. The van der Waals surface area contributed by atoms with Crippen LogP contribution >= 0.6 is 23.2 Å². The van der Waals surface area contributed by atoms with Gasteiger partial charge in [-0.2, -0.15) is 0 Å². The Morgan fingerprint density at radius 3 is 2.10 bits per heavy atom. The lowest BCUT2D eigenvalue weighted by Gasteiger charge is -2.20. The Bertz CT molecular complexity index is 406. The largest absolute Gasteiger partial charge is 0.480 e. The van der Waals surface area contributed by atoms with Crippen LogP contribution in [0.5, 0.6) is 0 Å². The smallest absolute Gasteiger partial charge is 0.320 e. The van der Waals surface area contributed by atoms with E-state index in [1.54, 1.807) is 0 Å². The standard InChI is InChI=1S/C14H20Cl2N2O2/c15-5-7-18(8-6-16)10-12-3-1-11(2-4-12)9-13(17)14(19)20/h1-4,13H,5-10,17H2,(H,19,20). The highest BCUT2D eigenvalue weighted by atomic mass is 35.5. The van der Waals surface area contributed by atoms with Crippen molar-refractivity contribution >= 4 is 29.2 Å². The summed E-state index contributed by atoms with van der Waals surface area (Å²) in [5.74, 6) is 0.162. The van der Waals surface area contributed by atoms with Gasteiger partial charge in [-0.05, 0) is 17.5 Å². The van der Waals surface area contributed by atoms with Gasteiger partial charge in [-0.25, -0.2) is 0 Å². The molecular formula is C14H20Cl2N2O2. The molecule has 0 bridgehead atoms. The van der Waals surface area contributed by atoms with Crippen LogP contribution in [0.1, 0.15) is 11.1 Å². The minimum absolute atomic E-state index is 0.336. The molecule has 0 fully saturated rings. The molecule has 0 radical (unpaired) electrons. The van der Waals surface area contributed by atoms with Gasteiger partial charge in [0, 0.05) is 31.4 Å². The Morgan fingerprint density at radius 2 is 1.65 bits per heavy atom. The van der Waals surface area contributed by atoms with Crippen molar-refractivity contribution in [1.82, 2.24) is 4.90 Å². The molecule has 0 saturated heterocycles. The van der Waals surface area contributed by atoms with Gasteiger partial charge in [0.2, 0.25) is 0 Å². The number of nitrogens with two attached hydrogens (primary N) is 1. The molecule has 112 valence electrons. The van der Waals surface area contributed by atoms with Crippen LogP contribution in [0.3, 0.4) is 0 Å². The van der Waals surface area contributed by atoms with Crippen molar-refractivity contribution in [3.63, 3.8) is 0 Å². The Kier molecular flexibility index (Phi) is 7.92. The predicted octanol–water partition coefficient (Wildman–Crippen LogP) is 1.92. The number of alkyl halides is 2. The number of hydrogen-bond acceptors (Lipinski definition) is 3. The van der Waals surface area contributed by atoms with Crippen molar-refractivity contribution in [2.24, 2.45) is 5.73 Å². The second-order valence-electron chi connectivity index (χ2n) is 4.62. The highest BCUT2D eigenvalue weighted by molar-refractivity contribution is 6.18. The van der Waals surface area contributed by atoms with Crippen LogP contribution in [-0.4, -0.2) is 46.9 Å². The molecule has 0 amide bonds. The van der Waals surface area contributed by atoms with Crippen LogP contribution in [0.4, 0.5) is 0 Å². The average Bonchev–Trinajstić information content (AvgIpc) is 2.41. The maximum Gasteiger partial charge on any atom is 0.320 e. The van der Waals surface area contributed by atoms with E-state index in [1.165, 1.54) is 0 Å². The van der Waals surface area contributed by atoms with Crippen molar-refractivity contribution < 1.29 is 9.90 Å². The van der Waals surface area contributed by atoms with Gasteiger partial charge in [0.1, 0.15) is 6.04 Å².